The topological polar surface area (TPSA) is 98.6 Å². The Kier molecular flexibility index (Phi) is 2.09. The predicted molar refractivity (Wildman–Crippen MR) is 43.8 cm³/mol. The highest BCUT2D eigenvalue weighted by Gasteiger charge is 2.52. The van der Waals surface area contributed by atoms with Crippen molar-refractivity contribution in [3.05, 3.63) is 32.5 Å². The largest absolute Gasteiger partial charge is 0.320 e. The van der Waals surface area contributed by atoms with Crippen LogP contribution in [-0.2, 0) is 0 Å². The molecule has 0 fully saturated rings. The Bertz CT molecular complexity index is 311. The lowest BCUT2D eigenvalue weighted by Crippen LogP contribution is -2.51. The highest BCUT2D eigenvalue weighted by molar-refractivity contribution is 5.67. The number of rotatable bonds is 2. The molecule has 0 saturated heterocycles. The van der Waals surface area contributed by atoms with Gasteiger partial charge in [-0.05, 0) is 0 Å². The molecule has 1 rings (SSSR count). The molecule has 2 unspecified atom stereocenters. The summed E-state index contributed by atoms with van der Waals surface area (Å²) in [6, 6.07) is -1.40. The lowest BCUT2D eigenvalue weighted by Gasteiger charge is -2.19. The van der Waals surface area contributed by atoms with E-state index in [2.05, 4.69) is 4.99 Å². The van der Waals surface area contributed by atoms with Crippen LogP contribution < -0.4 is 0 Å². The number of nitrogens with zero attached hydrogens (tertiary/aromatic N) is 3. The molecule has 13 heavy (non-hydrogen) atoms. The van der Waals surface area contributed by atoms with Crippen molar-refractivity contribution in [2.75, 3.05) is 0 Å². The Balaban J connectivity index is 3.07. The summed E-state index contributed by atoms with van der Waals surface area (Å²) < 4.78 is 0. The third-order valence-corrected chi connectivity index (χ3v) is 1.94. The fourth-order valence-corrected chi connectivity index (χ4v) is 1.01. The Morgan fingerprint density at radius 3 is 2.46 bits per heavy atom. The van der Waals surface area contributed by atoms with E-state index in [0.717, 1.165) is 12.3 Å². The minimum atomic E-state index is -1.69. The molecule has 0 radical (unpaired) electrons. The van der Waals surface area contributed by atoms with E-state index in [1.807, 2.05) is 0 Å². The van der Waals surface area contributed by atoms with Crippen LogP contribution in [0, 0.1) is 20.2 Å². The summed E-state index contributed by atoms with van der Waals surface area (Å²) in [6.45, 7) is 1.20. The van der Waals surface area contributed by atoms with Gasteiger partial charge in [0.2, 0.25) is 0 Å². The van der Waals surface area contributed by atoms with Gasteiger partial charge in [0, 0.05) is 29.0 Å². The Morgan fingerprint density at radius 1 is 1.46 bits per heavy atom. The van der Waals surface area contributed by atoms with Gasteiger partial charge in [0.15, 0.2) is 0 Å². The molecule has 0 amide bonds. The first-order chi connectivity index (χ1) is 5.98. The van der Waals surface area contributed by atoms with E-state index in [-0.39, 0.29) is 0 Å². The molecule has 70 valence electrons. The van der Waals surface area contributed by atoms with E-state index < -0.39 is 21.4 Å². The zero-order chi connectivity index (χ0) is 10.1. The first kappa shape index (κ1) is 9.30. The number of aliphatic imine (C=N–C) groups is 1. The van der Waals surface area contributed by atoms with E-state index in [4.69, 9.17) is 0 Å². The SMILES string of the molecule is CC1([N+](=O)[O-])C=CN=CC1[N+](=O)[O-]. The van der Waals surface area contributed by atoms with Crippen LogP contribution in [0.1, 0.15) is 6.92 Å². The van der Waals surface area contributed by atoms with Crippen molar-refractivity contribution in [3.8, 4) is 0 Å². The summed E-state index contributed by atoms with van der Waals surface area (Å²) in [5.74, 6) is 0. The van der Waals surface area contributed by atoms with E-state index >= 15 is 0 Å². The predicted octanol–water partition coefficient (Wildman–Crippen LogP) is 0.265. The fourth-order valence-electron chi connectivity index (χ4n) is 1.01. The monoisotopic (exact) mass is 185 g/mol. The zero-order valence-corrected chi connectivity index (χ0v) is 6.78. The van der Waals surface area contributed by atoms with Crippen LogP contribution >= 0.6 is 0 Å². The highest BCUT2D eigenvalue weighted by Crippen LogP contribution is 2.20. The smallest absolute Gasteiger partial charge is 0.264 e. The molecule has 1 aliphatic rings. The van der Waals surface area contributed by atoms with Crippen molar-refractivity contribution >= 4 is 6.21 Å². The van der Waals surface area contributed by atoms with E-state index in [0.29, 0.717) is 0 Å². The first-order valence-electron chi connectivity index (χ1n) is 3.47. The molecule has 0 aromatic heterocycles. The van der Waals surface area contributed by atoms with Gasteiger partial charge in [-0.2, -0.15) is 0 Å². The first-order valence-corrected chi connectivity index (χ1v) is 3.47. The molecule has 1 aliphatic heterocycles. The van der Waals surface area contributed by atoms with Crippen LogP contribution in [0.25, 0.3) is 0 Å². The van der Waals surface area contributed by atoms with Crippen molar-refractivity contribution < 1.29 is 9.85 Å². The summed E-state index contributed by atoms with van der Waals surface area (Å²) in [6.07, 6.45) is 3.30. The van der Waals surface area contributed by atoms with Crippen molar-refractivity contribution in [2.45, 2.75) is 18.5 Å². The minimum Gasteiger partial charge on any atom is -0.264 e. The second kappa shape index (κ2) is 2.92. The van der Waals surface area contributed by atoms with Crippen LogP contribution in [0.15, 0.2) is 17.3 Å². The summed E-state index contributed by atoms with van der Waals surface area (Å²) in [4.78, 5) is 23.1. The molecule has 0 N–H and O–H groups in total. The zero-order valence-electron chi connectivity index (χ0n) is 6.78. The van der Waals surface area contributed by atoms with Crippen molar-refractivity contribution in [3.63, 3.8) is 0 Å². The van der Waals surface area contributed by atoms with Crippen molar-refractivity contribution in [1.29, 1.82) is 0 Å². The molecule has 7 heteroatoms. The van der Waals surface area contributed by atoms with Crippen LogP contribution in [-0.4, -0.2) is 27.6 Å². The van der Waals surface area contributed by atoms with Crippen LogP contribution in [0.2, 0.25) is 0 Å². The van der Waals surface area contributed by atoms with E-state index in [9.17, 15) is 20.2 Å². The molecule has 0 saturated carbocycles. The van der Waals surface area contributed by atoms with Gasteiger partial charge < -0.3 is 0 Å². The number of hydrogen-bond acceptors (Lipinski definition) is 5. The Labute approximate surface area is 73.1 Å². The normalized spacial score (nSPS) is 31.6. The quantitative estimate of drug-likeness (QED) is 0.455. The second-order valence-electron chi connectivity index (χ2n) is 2.83. The molecule has 0 spiro atoms. The molecule has 2 atom stereocenters. The summed E-state index contributed by atoms with van der Waals surface area (Å²) >= 11 is 0. The summed E-state index contributed by atoms with van der Waals surface area (Å²) in [5.41, 5.74) is -1.69. The van der Waals surface area contributed by atoms with Gasteiger partial charge >= 0.3 is 11.6 Å². The summed E-state index contributed by atoms with van der Waals surface area (Å²) in [5, 5.41) is 21.0. The third-order valence-electron chi connectivity index (χ3n) is 1.94. The van der Waals surface area contributed by atoms with Gasteiger partial charge in [-0.1, -0.05) is 0 Å². The maximum atomic E-state index is 10.6. The molecule has 1 heterocycles. The molecule has 0 bridgehead atoms. The fraction of sp³-hybridized carbons (Fsp3) is 0.500. The maximum absolute atomic E-state index is 10.6. The van der Waals surface area contributed by atoms with Gasteiger partial charge in [-0.15, -0.1) is 0 Å². The number of nitro groups is 2. The van der Waals surface area contributed by atoms with Gasteiger partial charge in [0.05, 0.1) is 6.21 Å². The van der Waals surface area contributed by atoms with Gasteiger partial charge in [-0.3, -0.25) is 25.2 Å². The Morgan fingerprint density at radius 2 is 2.08 bits per heavy atom. The average molecular weight is 185 g/mol. The maximum Gasteiger partial charge on any atom is 0.320 e. The molecular formula is C6H7N3O4. The molecule has 0 aromatic rings. The third kappa shape index (κ3) is 1.40. The molecule has 7 nitrogen and oxygen atoms in total. The Hall–Kier alpha value is -1.79. The van der Waals surface area contributed by atoms with E-state index in [1.54, 1.807) is 0 Å². The van der Waals surface area contributed by atoms with Crippen LogP contribution in [0.5, 0.6) is 0 Å². The minimum absolute atomic E-state index is 0.678. The van der Waals surface area contributed by atoms with Gasteiger partial charge in [0.1, 0.15) is 0 Å². The molecule has 0 aromatic carbocycles. The molecular weight excluding hydrogens is 178 g/mol. The van der Waals surface area contributed by atoms with E-state index in [1.165, 1.54) is 13.1 Å². The van der Waals surface area contributed by atoms with Crippen molar-refractivity contribution in [2.24, 2.45) is 4.99 Å². The number of hydrogen-bond donors (Lipinski definition) is 0. The standard InChI is InChI=1S/C6H7N3O4/c1-6(9(12)13)2-3-7-4-5(6)8(10)11/h2-5H,1H3. The highest BCUT2D eigenvalue weighted by atomic mass is 16.6. The van der Waals surface area contributed by atoms with Crippen molar-refractivity contribution in [1.82, 2.24) is 0 Å². The van der Waals surface area contributed by atoms with Gasteiger partial charge in [-0.25, -0.2) is 0 Å². The lowest BCUT2D eigenvalue weighted by molar-refractivity contribution is -0.625. The molecule has 0 aliphatic carbocycles. The van der Waals surface area contributed by atoms with Crippen LogP contribution in [0.4, 0.5) is 0 Å². The second-order valence-corrected chi connectivity index (χ2v) is 2.83. The average Bonchev–Trinajstić information content (AvgIpc) is 2.04. The van der Waals surface area contributed by atoms with Crippen LogP contribution in [0.3, 0.4) is 0 Å². The summed E-state index contributed by atoms with van der Waals surface area (Å²) in [7, 11) is 0. The van der Waals surface area contributed by atoms with Gasteiger partial charge in [0.25, 0.3) is 0 Å². The lowest BCUT2D eigenvalue weighted by atomic mass is 9.93.